The molecular weight excluding hydrogens is 264 g/mol. The third kappa shape index (κ3) is 5.05. The van der Waals surface area contributed by atoms with Crippen LogP contribution in [0, 0.1) is 5.92 Å². The van der Waals surface area contributed by atoms with Crippen molar-refractivity contribution in [3.8, 4) is 5.75 Å². The molecular formula is C17H28N2O2. The maximum absolute atomic E-state index is 12.1. The van der Waals surface area contributed by atoms with Crippen LogP contribution in [0.4, 0.5) is 0 Å². The second kappa shape index (κ2) is 8.67. The van der Waals surface area contributed by atoms with Gasteiger partial charge in [0, 0.05) is 18.7 Å². The van der Waals surface area contributed by atoms with E-state index in [0.717, 1.165) is 24.2 Å². The maximum Gasteiger partial charge on any atom is 0.236 e. The summed E-state index contributed by atoms with van der Waals surface area (Å²) in [5.41, 5.74) is 1.10. The molecule has 2 N–H and O–H groups in total. The van der Waals surface area contributed by atoms with E-state index in [1.807, 2.05) is 18.2 Å². The predicted octanol–water partition coefficient (Wildman–Crippen LogP) is 2.90. The van der Waals surface area contributed by atoms with E-state index in [0.29, 0.717) is 5.92 Å². The lowest BCUT2D eigenvalue weighted by Gasteiger charge is -2.26. The van der Waals surface area contributed by atoms with Crippen LogP contribution in [0.2, 0.25) is 0 Å². The fourth-order valence-electron chi connectivity index (χ4n) is 2.52. The van der Waals surface area contributed by atoms with E-state index in [-0.39, 0.29) is 18.0 Å². The standard InChI is InChI=1S/C17H28N2O2/c1-6-14(13-9-7-8-10-16(13)21-5)19-15(11-12(2)3)17(20)18-4/h7-10,12,14-15,19H,6,11H2,1-5H3,(H,18,20). The van der Waals surface area contributed by atoms with Crippen LogP contribution in [0.1, 0.15) is 45.2 Å². The van der Waals surface area contributed by atoms with Gasteiger partial charge < -0.3 is 10.1 Å². The highest BCUT2D eigenvalue weighted by Gasteiger charge is 2.23. The molecule has 0 aliphatic heterocycles. The monoisotopic (exact) mass is 292 g/mol. The molecule has 2 unspecified atom stereocenters. The summed E-state index contributed by atoms with van der Waals surface area (Å²) in [4.78, 5) is 12.1. The predicted molar refractivity (Wildman–Crippen MR) is 86.5 cm³/mol. The maximum atomic E-state index is 12.1. The number of para-hydroxylation sites is 1. The number of carbonyl (C=O) groups is 1. The number of hydrogen-bond donors (Lipinski definition) is 2. The Morgan fingerprint density at radius 3 is 2.48 bits per heavy atom. The molecule has 21 heavy (non-hydrogen) atoms. The van der Waals surface area contributed by atoms with E-state index >= 15 is 0 Å². The van der Waals surface area contributed by atoms with Gasteiger partial charge in [-0.05, 0) is 24.8 Å². The molecule has 0 aliphatic carbocycles. The Kier molecular flexibility index (Phi) is 7.23. The van der Waals surface area contributed by atoms with Crippen LogP contribution in [0.15, 0.2) is 24.3 Å². The molecule has 0 aliphatic rings. The van der Waals surface area contributed by atoms with Crippen molar-refractivity contribution in [1.82, 2.24) is 10.6 Å². The Morgan fingerprint density at radius 2 is 1.95 bits per heavy atom. The van der Waals surface area contributed by atoms with Crippen molar-refractivity contribution < 1.29 is 9.53 Å². The average molecular weight is 292 g/mol. The van der Waals surface area contributed by atoms with E-state index in [1.54, 1.807) is 14.2 Å². The van der Waals surface area contributed by atoms with Gasteiger partial charge >= 0.3 is 0 Å². The molecule has 0 saturated heterocycles. The second-order valence-electron chi connectivity index (χ2n) is 5.67. The normalized spacial score (nSPS) is 13.8. The summed E-state index contributed by atoms with van der Waals surface area (Å²) in [6, 6.07) is 7.87. The van der Waals surface area contributed by atoms with Gasteiger partial charge in [0.05, 0.1) is 13.2 Å². The lowest BCUT2D eigenvalue weighted by Crippen LogP contribution is -2.45. The van der Waals surface area contributed by atoms with Crippen molar-refractivity contribution in [1.29, 1.82) is 0 Å². The smallest absolute Gasteiger partial charge is 0.236 e. The number of benzene rings is 1. The number of likely N-dealkylation sites (N-methyl/N-ethyl adjacent to an activating group) is 1. The number of rotatable bonds is 8. The SMILES string of the molecule is CCC(NC(CC(C)C)C(=O)NC)c1ccccc1OC. The topological polar surface area (TPSA) is 50.4 Å². The lowest BCUT2D eigenvalue weighted by atomic mass is 9.98. The zero-order valence-corrected chi connectivity index (χ0v) is 13.8. The molecule has 1 amide bonds. The minimum Gasteiger partial charge on any atom is -0.496 e. The van der Waals surface area contributed by atoms with Crippen LogP contribution < -0.4 is 15.4 Å². The number of hydrogen-bond acceptors (Lipinski definition) is 3. The van der Waals surface area contributed by atoms with E-state index < -0.39 is 0 Å². The Labute approximate surface area is 128 Å². The summed E-state index contributed by atoms with van der Waals surface area (Å²) in [7, 11) is 3.36. The molecule has 2 atom stereocenters. The Balaban J connectivity index is 2.94. The second-order valence-corrected chi connectivity index (χ2v) is 5.67. The summed E-state index contributed by atoms with van der Waals surface area (Å²) in [5, 5.41) is 6.23. The van der Waals surface area contributed by atoms with Crippen molar-refractivity contribution in [3.63, 3.8) is 0 Å². The summed E-state index contributed by atoms with van der Waals surface area (Å²) < 4.78 is 5.44. The number of amides is 1. The van der Waals surface area contributed by atoms with Crippen molar-refractivity contribution in [2.75, 3.05) is 14.2 Å². The number of methoxy groups -OCH3 is 1. The molecule has 0 saturated carbocycles. The first-order chi connectivity index (χ1) is 10.0. The summed E-state index contributed by atoms with van der Waals surface area (Å²) >= 11 is 0. The van der Waals surface area contributed by atoms with E-state index in [4.69, 9.17) is 4.74 Å². The van der Waals surface area contributed by atoms with E-state index in [2.05, 4.69) is 37.5 Å². The summed E-state index contributed by atoms with van der Waals surface area (Å²) in [5.74, 6) is 1.35. The number of carbonyl (C=O) groups excluding carboxylic acids is 1. The summed E-state index contributed by atoms with van der Waals surface area (Å²) in [6.45, 7) is 6.36. The molecule has 1 aromatic carbocycles. The molecule has 0 spiro atoms. The molecule has 4 heteroatoms. The highest BCUT2D eigenvalue weighted by molar-refractivity contribution is 5.81. The first-order valence-corrected chi connectivity index (χ1v) is 7.64. The molecule has 1 aromatic rings. The minimum absolute atomic E-state index is 0.0389. The van der Waals surface area contributed by atoms with Crippen molar-refractivity contribution >= 4 is 5.91 Å². The van der Waals surface area contributed by atoms with Crippen molar-refractivity contribution in [3.05, 3.63) is 29.8 Å². The van der Waals surface area contributed by atoms with Crippen LogP contribution in [0.3, 0.4) is 0 Å². The van der Waals surface area contributed by atoms with Gasteiger partial charge in [-0.25, -0.2) is 0 Å². The van der Waals surface area contributed by atoms with Crippen LogP contribution >= 0.6 is 0 Å². The van der Waals surface area contributed by atoms with E-state index in [1.165, 1.54) is 0 Å². The van der Waals surface area contributed by atoms with Crippen LogP contribution in [0.5, 0.6) is 5.75 Å². The van der Waals surface area contributed by atoms with Crippen molar-refractivity contribution in [2.45, 2.75) is 45.7 Å². The first kappa shape index (κ1) is 17.5. The van der Waals surface area contributed by atoms with Gasteiger partial charge in [-0.3, -0.25) is 10.1 Å². The zero-order chi connectivity index (χ0) is 15.8. The van der Waals surface area contributed by atoms with Gasteiger partial charge in [0.25, 0.3) is 0 Å². The van der Waals surface area contributed by atoms with Gasteiger partial charge in [0.1, 0.15) is 5.75 Å². The molecule has 0 bridgehead atoms. The molecule has 4 nitrogen and oxygen atoms in total. The number of ether oxygens (including phenoxy) is 1. The minimum atomic E-state index is -0.190. The highest BCUT2D eigenvalue weighted by atomic mass is 16.5. The zero-order valence-electron chi connectivity index (χ0n) is 13.8. The van der Waals surface area contributed by atoms with Crippen LogP contribution in [0.25, 0.3) is 0 Å². The molecule has 1 rings (SSSR count). The Bertz CT molecular complexity index is 446. The van der Waals surface area contributed by atoms with Crippen LogP contribution in [-0.4, -0.2) is 26.1 Å². The van der Waals surface area contributed by atoms with Gasteiger partial charge in [0.2, 0.25) is 5.91 Å². The fraction of sp³-hybridized carbons (Fsp3) is 0.588. The van der Waals surface area contributed by atoms with Gasteiger partial charge in [-0.15, -0.1) is 0 Å². The lowest BCUT2D eigenvalue weighted by molar-refractivity contribution is -0.123. The Morgan fingerprint density at radius 1 is 1.29 bits per heavy atom. The first-order valence-electron chi connectivity index (χ1n) is 7.64. The number of nitrogens with one attached hydrogen (secondary N) is 2. The molecule has 0 fully saturated rings. The Hall–Kier alpha value is -1.55. The summed E-state index contributed by atoms with van der Waals surface area (Å²) in [6.07, 6.45) is 1.71. The third-order valence-corrected chi connectivity index (χ3v) is 3.59. The van der Waals surface area contributed by atoms with Gasteiger partial charge in [0.15, 0.2) is 0 Å². The molecule has 118 valence electrons. The fourth-order valence-corrected chi connectivity index (χ4v) is 2.52. The highest BCUT2D eigenvalue weighted by Crippen LogP contribution is 2.27. The van der Waals surface area contributed by atoms with Gasteiger partial charge in [-0.1, -0.05) is 39.0 Å². The van der Waals surface area contributed by atoms with E-state index in [9.17, 15) is 4.79 Å². The largest absolute Gasteiger partial charge is 0.496 e. The van der Waals surface area contributed by atoms with Crippen molar-refractivity contribution in [2.24, 2.45) is 5.92 Å². The molecule has 0 radical (unpaired) electrons. The van der Waals surface area contributed by atoms with Crippen LogP contribution in [-0.2, 0) is 4.79 Å². The molecule has 0 heterocycles. The quantitative estimate of drug-likeness (QED) is 0.774. The average Bonchev–Trinajstić information content (AvgIpc) is 2.50. The molecule has 0 aromatic heterocycles. The van der Waals surface area contributed by atoms with Gasteiger partial charge in [-0.2, -0.15) is 0 Å². The third-order valence-electron chi connectivity index (χ3n) is 3.59.